The first-order valence-corrected chi connectivity index (χ1v) is 10.3. The summed E-state index contributed by atoms with van der Waals surface area (Å²) >= 11 is 1.61. The summed E-state index contributed by atoms with van der Waals surface area (Å²) < 4.78 is 12.8. The summed E-state index contributed by atoms with van der Waals surface area (Å²) in [5.41, 5.74) is 1.71. The van der Waals surface area contributed by atoms with E-state index in [-0.39, 0.29) is 10.8 Å². The first-order valence-electron chi connectivity index (χ1n) is 9.40. The van der Waals surface area contributed by atoms with Crippen molar-refractivity contribution in [3.05, 3.63) is 39.7 Å². The van der Waals surface area contributed by atoms with Gasteiger partial charge in [0.1, 0.15) is 0 Å². The van der Waals surface area contributed by atoms with Gasteiger partial charge in [0.25, 0.3) is 5.56 Å². The number of nitrogens with one attached hydrogen (secondary N) is 1. The van der Waals surface area contributed by atoms with Gasteiger partial charge in [0.2, 0.25) is 0 Å². The number of thioether (sulfide) groups is 1. The fourth-order valence-corrected chi connectivity index (χ4v) is 5.16. The monoisotopic (exact) mass is 387 g/mol. The summed E-state index contributed by atoms with van der Waals surface area (Å²) in [6, 6.07) is 6.18. The second kappa shape index (κ2) is 7.46. The highest BCUT2D eigenvalue weighted by molar-refractivity contribution is 8.14. The molecule has 2 aromatic rings. The average molecular weight is 388 g/mol. The SMILES string of the molecule is COc1ccc([C@@H]2SC(C)=Nc3c2c(=O)[nH]n3C2CCCCC2)cc1OC. The van der Waals surface area contributed by atoms with Gasteiger partial charge >= 0.3 is 0 Å². The van der Waals surface area contributed by atoms with Crippen molar-refractivity contribution < 1.29 is 9.47 Å². The number of methoxy groups -OCH3 is 2. The summed E-state index contributed by atoms with van der Waals surface area (Å²) in [7, 11) is 3.25. The minimum absolute atomic E-state index is 0.0425. The van der Waals surface area contributed by atoms with Crippen LogP contribution in [0.5, 0.6) is 11.5 Å². The Balaban J connectivity index is 1.79. The van der Waals surface area contributed by atoms with Crippen molar-refractivity contribution in [3.8, 4) is 11.5 Å². The molecular formula is C20H25N3O3S. The standard InChI is InChI=1S/C20H25N3O3S/c1-12-21-19-17(20(24)22-23(19)14-7-5-4-6-8-14)18(27-12)13-9-10-15(25-2)16(11-13)26-3/h9-11,14,18H,4-8H2,1-3H3,(H,22,24)/t18-/m0/s1. The van der Waals surface area contributed by atoms with Crippen LogP contribution in [0.4, 0.5) is 5.82 Å². The molecule has 4 rings (SSSR count). The number of benzene rings is 1. The van der Waals surface area contributed by atoms with Gasteiger partial charge in [0.15, 0.2) is 17.3 Å². The molecule has 0 bridgehead atoms. The van der Waals surface area contributed by atoms with Gasteiger partial charge < -0.3 is 9.47 Å². The van der Waals surface area contributed by atoms with Gasteiger partial charge in [-0.25, -0.2) is 4.99 Å². The molecule has 2 aliphatic rings. The Morgan fingerprint density at radius 1 is 1.15 bits per heavy atom. The van der Waals surface area contributed by atoms with Crippen LogP contribution in [-0.2, 0) is 0 Å². The van der Waals surface area contributed by atoms with Crippen molar-refractivity contribution in [2.45, 2.75) is 50.3 Å². The van der Waals surface area contributed by atoms with Crippen LogP contribution in [0.2, 0.25) is 0 Å². The first-order chi connectivity index (χ1) is 13.1. The van der Waals surface area contributed by atoms with Gasteiger partial charge in [-0.1, -0.05) is 37.1 Å². The van der Waals surface area contributed by atoms with Crippen LogP contribution in [0.25, 0.3) is 0 Å². The zero-order chi connectivity index (χ0) is 19.0. The minimum atomic E-state index is -0.106. The van der Waals surface area contributed by atoms with Crippen LogP contribution >= 0.6 is 11.8 Å². The molecule has 0 amide bonds. The third-order valence-corrected chi connectivity index (χ3v) is 6.58. The van der Waals surface area contributed by atoms with Crippen molar-refractivity contribution in [2.24, 2.45) is 4.99 Å². The maximum atomic E-state index is 12.9. The predicted molar refractivity (Wildman–Crippen MR) is 109 cm³/mol. The molecule has 1 aromatic carbocycles. The lowest BCUT2D eigenvalue weighted by atomic mass is 9.95. The highest BCUT2D eigenvalue weighted by Gasteiger charge is 2.32. The number of aromatic nitrogens is 2. The van der Waals surface area contributed by atoms with E-state index in [0.29, 0.717) is 17.5 Å². The van der Waals surface area contributed by atoms with Crippen LogP contribution in [0.15, 0.2) is 28.0 Å². The van der Waals surface area contributed by atoms with E-state index in [9.17, 15) is 4.79 Å². The van der Waals surface area contributed by atoms with E-state index in [1.54, 1.807) is 26.0 Å². The molecule has 1 aliphatic heterocycles. The zero-order valence-electron chi connectivity index (χ0n) is 15.9. The molecule has 0 radical (unpaired) electrons. The number of fused-ring (bicyclic) bond motifs is 1. The van der Waals surface area contributed by atoms with Gasteiger partial charge in [0.05, 0.1) is 36.1 Å². The van der Waals surface area contributed by atoms with Gasteiger partial charge in [0, 0.05) is 0 Å². The summed E-state index contributed by atoms with van der Waals surface area (Å²) in [5, 5.41) is 3.94. The minimum Gasteiger partial charge on any atom is -0.493 e. The van der Waals surface area contributed by atoms with Crippen molar-refractivity contribution >= 4 is 22.6 Å². The molecule has 27 heavy (non-hydrogen) atoms. The third-order valence-electron chi connectivity index (χ3n) is 5.40. The van der Waals surface area contributed by atoms with Crippen LogP contribution in [0, 0.1) is 0 Å². The molecule has 1 aliphatic carbocycles. The zero-order valence-corrected chi connectivity index (χ0v) is 16.8. The number of ether oxygens (including phenoxy) is 2. The van der Waals surface area contributed by atoms with E-state index < -0.39 is 0 Å². The lowest BCUT2D eigenvalue weighted by Gasteiger charge is -2.26. The molecule has 7 heteroatoms. The molecule has 1 aromatic heterocycles. The van der Waals surface area contributed by atoms with Gasteiger partial charge in [-0.05, 0) is 37.5 Å². The fraction of sp³-hybridized carbons (Fsp3) is 0.500. The maximum absolute atomic E-state index is 12.9. The van der Waals surface area contributed by atoms with Crippen molar-refractivity contribution in [1.82, 2.24) is 9.78 Å². The second-order valence-electron chi connectivity index (χ2n) is 7.08. The first kappa shape index (κ1) is 18.2. The molecule has 2 heterocycles. The normalized spacial score (nSPS) is 20.1. The molecule has 1 atom stereocenters. The summed E-state index contributed by atoms with van der Waals surface area (Å²) in [6.45, 7) is 2.00. The van der Waals surface area contributed by atoms with Crippen LogP contribution in [0.1, 0.15) is 61.4 Å². The van der Waals surface area contributed by atoms with Crippen molar-refractivity contribution in [2.75, 3.05) is 14.2 Å². The molecule has 1 saturated carbocycles. The lowest BCUT2D eigenvalue weighted by Crippen LogP contribution is -2.16. The molecule has 1 fully saturated rings. The number of rotatable bonds is 4. The van der Waals surface area contributed by atoms with Gasteiger partial charge in [-0.3, -0.25) is 14.6 Å². The Kier molecular flexibility index (Phi) is 5.04. The third kappa shape index (κ3) is 3.29. The van der Waals surface area contributed by atoms with E-state index in [0.717, 1.165) is 34.8 Å². The highest BCUT2D eigenvalue weighted by Crippen LogP contribution is 2.46. The molecule has 0 unspecified atom stereocenters. The lowest BCUT2D eigenvalue weighted by molar-refractivity contribution is 0.331. The van der Waals surface area contributed by atoms with Crippen molar-refractivity contribution in [1.29, 1.82) is 0 Å². The Bertz CT molecular complexity index is 925. The number of aliphatic imine (C=N–C) groups is 1. The molecule has 0 saturated heterocycles. The quantitative estimate of drug-likeness (QED) is 0.833. The maximum Gasteiger partial charge on any atom is 0.271 e. The average Bonchev–Trinajstić information content (AvgIpc) is 3.03. The van der Waals surface area contributed by atoms with Gasteiger partial charge in [-0.2, -0.15) is 0 Å². The topological polar surface area (TPSA) is 68.6 Å². The molecule has 6 nitrogen and oxygen atoms in total. The number of H-pyrrole nitrogens is 1. The number of hydrogen-bond donors (Lipinski definition) is 1. The fourth-order valence-electron chi connectivity index (χ4n) is 4.06. The Hall–Kier alpha value is -2.15. The Morgan fingerprint density at radius 3 is 2.59 bits per heavy atom. The van der Waals surface area contributed by atoms with E-state index in [2.05, 4.69) is 5.10 Å². The molecular weight excluding hydrogens is 362 g/mol. The van der Waals surface area contributed by atoms with E-state index in [1.807, 2.05) is 29.8 Å². The molecule has 144 valence electrons. The van der Waals surface area contributed by atoms with Crippen LogP contribution in [0.3, 0.4) is 0 Å². The number of hydrogen-bond acceptors (Lipinski definition) is 5. The Labute approximate surface area is 163 Å². The highest BCUT2D eigenvalue weighted by atomic mass is 32.2. The van der Waals surface area contributed by atoms with Crippen molar-refractivity contribution in [3.63, 3.8) is 0 Å². The van der Waals surface area contributed by atoms with Crippen LogP contribution < -0.4 is 15.0 Å². The summed E-state index contributed by atoms with van der Waals surface area (Å²) in [5.74, 6) is 2.14. The largest absolute Gasteiger partial charge is 0.493 e. The molecule has 1 N–H and O–H groups in total. The van der Waals surface area contributed by atoms with E-state index in [4.69, 9.17) is 14.5 Å². The predicted octanol–water partition coefficient (Wildman–Crippen LogP) is 4.58. The molecule has 0 spiro atoms. The van der Waals surface area contributed by atoms with Crippen LogP contribution in [-0.4, -0.2) is 29.0 Å². The summed E-state index contributed by atoms with van der Waals surface area (Å²) in [4.78, 5) is 17.6. The summed E-state index contributed by atoms with van der Waals surface area (Å²) in [6.07, 6.45) is 5.88. The van der Waals surface area contributed by atoms with E-state index in [1.165, 1.54) is 19.3 Å². The van der Waals surface area contributed by atoms with Gasteiger partial charge in [-0.15, -0.1) is 0 Å². The van der Waals surface area contributed by atoms with E-state index >= 15 is 0 Å². The number of nitrogens with zero attached hydrogens (tertiary/aromatic N) is 2. The second-order valence-corrected chi connectivity index (χ2v) is 8.38. The smallest absolute Gasteiger partial charge is 0.271 e. The Morgan fingerprint density at radius 2 is 1.89 bits per heavy atom. The number of aromatic amines is 1.